The Kier molecular flexibility index (Phi) is 6.61. The maximum atomic E-state index is 13.6. The topological polar surface area (TPSA) is 84.3 Å². The first-order valence-electron chi connectivity index (χ1n) is 9.82. The van der Waals surface area contributed by atoms with Crippen LogP contribution in [-0.4, -0.2) is 42.3 Å². The van der Waals surface area contributed by atoms with Gasteiger partial charge in [-0.05, 0) is 42.3 Å². The third-order valence-corrected chi connectivity index (χ3v) is 6.77. The maximum Gasteiger partial charge on any atom is 0.449 e. The average Bonchev–Trinajstić information content (AvgIpc) is 3.11. The van der Waals surface area contributed by atoms with Crippen LogP contribution in [0.15, 0.2) is 47.4 Å². The Bertz CT molecular complexity index is 1230. The first-order chi connectivity index (χ1) is 14.9. The van der Waals surface area contributed by atoms with Gasteiger partial charge in [0, 0.05) is 32.7 Å². The molecule has 2 aromatic carbocycles. The van der Waals surface area contributed by atoms with E-state index in [2.05, 4.69) is 10.3 Å². The predicted octanol–water partition coefficient (Wildman–Crippen LogP) is 3.90. The highest BCUT2D eigenvalue weighted by Gasteiger charge is 2.38. The van der Waals surface area contributed by atoms with Crippen LogP contribution in [0.25, 0.3) is 11.0 Å². The molecule has 1 amide bonds. The first-order valence-corrected chi connectivity index (χ1v) is 11.3. The van der Waals surface area contributed by atoms with Crippen LogP contribution in [0.1, 0.15) is 24.7 Å². The van der Waals surface area contributed by atoms with Crippen molar-refractivity contribution in [3.8, 4) is 0 Å². The van der Waals surface area contributed by atoms with Crippen molar-refractivity contribution in [3.63, 3.8) is 0 Å². The van der Waals surface area contributed by atoms with Gasteiger partial charge in [-0.25, -0.2) is 17.7 Å². The Labute approximate surface area is 183 Å². The van der Waals surface area contributed by atoms with Crippen LogP contribution in [0, 0.1) is 0 Å². The number of rotatable bonds is 7. The van der Waals surface area contributed by atoms with E-state index in [1.54, 1.807) is 12.1 Å². The lowest BCUT2D eigenvalue weighted by molar-refractivity contribution is -0.147. The summed E-state index contributed by atoms with van der Waals surface area (Å²) in [6, 6.07) is 10.8. The van der Waals surface area contributed by atoms with Gasteiger partial charge in [0.2, 0.25) is 21.8 Å². The van der Waals surface area contributed by atoms with Crippen LogP contribution < -0.4 is 5.32 Å². The molecule has 172 valence electrons. The lowest BCUT2D eigenvalue weighted by atomic mass is 10.1. The highest BCUT2D eigenvalue weighted by atomic mass is 32.2. The minimum atomic E-state index is -4.77. The summed E-state index contributed by atoms with van der Waals surface area (Å²) >= 11 is 0. The molecule has 3 rings (SSSR count). The number of hydrogen-bond donors (Lipinski definition) is 1. The van der Waals surface area contributed by atoms with Gasteiger partial charge in [-0.3, -0.25) is 4.79 Å². The van der Waals surface area contributed by atoms with Gasteiger partial charge in [0.1, 0.15) is 0 Å². The van der Waals surface area contributed by atoms with E-state index in [1.165, 1.54) is 26.2 Å². The van der Waals surface area contributed by atoms with E-state index < -0.39 is 27.9 Å². The number of aryl methyl sites for hydroxylation is 2. The molecule has 1 heterocycles. The quantitative estimate of drug-likeness (QED) is 0.570. The molecule has 11 heteroatoms. The first kappa shape index (κ1) is 23.7. The third kappa shape index (κ3) is 4.94. The minimum absolute atomic E-state index is 0.0927. The van der Waals surface area contributed by atoms with Crippen molar-refractivity contribution in [2.75, 3.05) is 19.4 Å². The van der Waals surface area contributed by atoms with Gasteiger partial charge in [-0.15, -0.1) is 0 Å². The van der Waals surface area contributed by atoms with E-state index in [4.69, 9.17) is 0 Å². The van der Waals surface area contributed by atoms with E-state index in [1.807, 2.05) is 19.1 Å². The molecule has 32 heavy (non-hydrogen) atoms. The highest BCUT2D eigenvalue weighted by Crippen LogP contribution is 2.32. The van der Waals surface area contributed by atoms with E-state index in [-0.39, 0.29) is 28.9 Å². The van der Waals surface area contributed by atoms with Gasteiger partial charge in [-0.1, -0.05) is 19.1 Å². The largest absolute Gasteiger partial charge is 0.449 e. The van der Waals surface area contributed by atoms with Gasteiger partial charge >= 0.3 is 6.18 Å². The van der Waals surface area contributed by atoms with Gasteiger partial charge < -0.3 is 9.88 Å². The van der Waals surface area contributed by atoms with Crippen molar-refractivity contribution in [2.24, 2.45) is 0 Å². The van der Waals surface area contributed by atoms with Crippen LogP contribution in [0.5, 0.6) is 0 Å². The molecule has 0 atom stereocenters. The number of hydrogen-bond acceptors (Lipinski definition) is 4. The molecule has 1 N–H and O–H groups in total. The molecule has 0 aliphatic heterocycles. The van der Waals surface area contributed by atoms with Crippen LogP contribution in [0.4, 0.5) is 18.9 Å². The lowest BCUT2D eigenvalue weighted by Gasteiger charge is -2.13. The zero-order valence-corrected chi connectivity index (χ0v) is 18.6. The van der Waals surface area contributed by atoms with Crippen molar-refractivity contribution < 1.29 is 26.4 Å². The number of carbonyl (C=O) groups is 1. The van der Waals surface area contributed by atoms with Crippen LogP contribution in [0.3, 0.4) is 0 Å². The summed E-state index contributed by atoms with van der Waals surface area (Å²) in [6.45, 7) is 1.73. The normalized spacial score (nSPS) is 12.5. The van der Waals surface area contributed by atoms with Gasteiger partial charge in [0.15, 0.2) is 0 Å². The Morgan fingerprint density at radius 2 is 1.78 bits per heavy atom. The smallest absolute Gasteiger partial charge is 0.326 e. The molecule has 1 aromatic heterocycles. The Balaban J connectivity index is 1.88. The summed E-state index contributed by atoms with van der Waals surface area (Å²) in [5.74, 6) is -1.64. The number of imidazole rings is 1. The van der Waals surface area contributed by atoms with Gasteiger partial charge in [0.25, 0.3) is 0 Å². The predicted molar refractivity (Wildman–Crippen MR) is 115 cm³/mol. The van der Waals surface area contributed by atoms with Crippen molar-refractivity contribution >= 4 is 32.7 Å². The summed E-state index contributed by atoms with van der Waals surface area (Å²) in [7, 11) is -1.18. The van der Waals surface area contributed by atoms with E-state index >= 15 is 0 Å². The molecular weight excluding hydrogens is 445 g/mol. The van der Waals surface area contributed by atoms with Crippen molar-refractivity contribution in [2.45, 2.75) is 37.4 Å². The van der Waals surface area contributed by atoms with Crippen molar-refractivity contribution in [3.05, 3.63) is 53.9 Å². The molecule has 0 fully saturated rings. The molecule has 0 bridgehead atoms. The number of nitrogens with zero attached hydrogens (tertiary/aromatic N) is 3. The van der Waals surface area contributed by atoms with Gasteiger partial charge in [-0.2, -0.15) is 13.2 Å². The van der Waals surface area contributed by atoms with E-state index in [9.17, 15) is 26.4 Å². The second-order valence-electron chi connectivity index (χ2n) is 7.37. The second-order valence-corrected chi connectivity index (χ2v) is 9.52. The number of halogens is 3. The summed E-state index contributed by atoms with van der Waals surface area (Å²) in [5, 5.41) is 2.66. The number of amides is 1. The van der Waals surface area contributed by atoms with Crippen LogP contribution in [0.2, 0.25) is 0 Å². The highest BCUT2D eigenvalue weighted by molar-refractivity contribution is 7.89. The monoisotopic (exact) mass is 468 g/mol. The molecule has 7 nitrogen and oxygen atoms in total. The Hall–Kier alpha value is -2.92. The lowest BCUT2D eigenvalue weighted by Crippen LogP contribution is -2.22. The fraction of sp³-hybridized carbons (Fsp3) is 0.333. The Morgan fingerprint density at radius 1 is 1.12 bits per heavy atom. The summed E-state index contributed by atoms with van der Waals surface area (Å²) in [4.78, 5) is 15.8. The standard InChI is InChI=1S/C21H23F3N4O3S/c1-4-14-5-7-15(8-6-14)25-19(29)11-12-28-18-10-9-16(32(30,31)27(2)3)13-17(18)26-20(28)21(22,23)24/h5-10,13H,4,11-12H2,1-3H3,(H,25,29). The zero-order chi connectivity index (χ0) is 23.7. The fourth-order valence-electron chi connectivity index (χ4n) is 3.18. The number of fused-ring (bicyclic) bond motifs is 1. The second kappa shape index (κ2) is 8.91. The van der Waals surface area contributed by atoms with Crippen molar-refractivity contribution in [1.82, 2.24) is 13.9 Å². The molecular formula is C21H23F3N4O3S. The number of anilines is 1. The van der Waals surface area contributed by atoms with Crippen molar-refractivity contribution in [1.29, 1.82) is 0 Å². The van der Waals surface area contributed by atoms with Crippen LogP contribution in [-0.2, 0) is 34.0 Å². The summed E-state index contributed by atoms with van der Waals surface area (Å²) in [5.41, 5.74) is 1.63. The molecule has 0 aliphatic rings. The Morgan fingerprint density at radius 3 is 2.34 bits per heavy atom. The number of nitrogens with one attached hydrogen (secondary N) is 1. The molecule has 0 unspecified atom stereocenters. The zero-order valence-electron chi connectivity index (χ0n) is 17.8. The number of benzene rings is 2. The molecule has 0 aliphatic carbocycles. The number of carbonyl (C=O) groups excluding carboxylic acids is 1. The molecule has 0 saturated heterocycles. The van der Waals surface area contributed by atoms with Crippen LogP contribution >= 0.6 is 0 Å². The molecule has 0 spiro atoms. The SMILES string of the molecule is CCc1ccc(NC(=O)CCn2c(C(F)(F)F)nc3cc(S(=O)(=O)N(C)C)ccc32)cc1. The average molecular weight is 469 g/mol. The molecule has 0 saturated carbocycles. The van der Waals surface area contributed by atoms with E-state index in [0.29, 0.717) is 5.69 Å². The molecule has 0 radical (unpaired) electrons. The summed E-state index contributed by atoms with van der Waals surface area (Å²) in [6.07, 6.45) is -4.15. The number of sulfonamides is 1. The summed E-state index contributed by atoms with van der Waals surface area (Å²) < 4.78 is 67.2. The minimum Gasteiger partial charge on any atom is -0.326 e. The third-order valence-electron chi connectivity index (χ3n) is 4.96. The maximum absolute atomic E-state index is 13.6. The van der Waals surface area contributed by atoms with E-state index in [0.717, 1.165) is 26.9 Å². The molecule has 3 aromatic rings. The van der Waals surface area contributed by atoms with Gasteiger partial charge in [0.05, 0.1) is 15.9 Å². The number of alkyl halides is 3. The number of aromatic nitrogens is 2. The fourth-order valence-corrected chi connectivity index (χ4v) is 4.11.